The molecule has 0 bridgehead atoms. The van der Waals surface area contributed by atoms with Crippen LogP contribution < -0.4 is 11.1 Å². The lowest BCUT2D eigenvalue weighted by Crippen LogP contribution is -2.56. The number of carbonyl (C=O) groups excluding carboxylic acids is 2. The average molecular weight is 283 g/mol. The summed E-state index contributed by atoms with van der Waals surface area (Å²) in [6, 6.07) is 0.120. The van der Waals surface area contributed by atoms with Gasteiger partial charge in [0.05, 0.1) is 12.1 Å². The smallest absolute Gasteiger partial charge is 0.409 e. The van der Waals surface area contributed by atoms with Gasteiger partial charge in [0.1, 0.15) is 0 Å². The van der Waals surface area contributed by atoms with Crippen LogP contribution in [0.15, 0.2) is 0 Å². The van der Waals surface area contributed by atoms with Gasteiger partial charge in [0, 0.05) is 19.1 Å². The summed E-state index contributed by atoms with van der Waals surface area (Å²) < 4.78 is 4.97. The van der Waals surface area contributed by atoms with E-state index in [1.54, 1.807) is 11.8 Å². The molecule has 1 heterocycles. The Morgan fingerprint density at radius 3 is 2.45 bits per heavy atom. The Labute approximate surface area is 120 Å². The standard InChI is InChI=1S/C14H25N3O3/c1-2-20-13(19)17-9-5-11(6-10-17)16-12(18)14(15)7-3-4-8-14/h11H,2-10,15H2,1H3,(H,16,18). The van der Waals surface area contributed by atoms with E-state index in [2.05, 4.69) is 5.32 Å². The van der Waals surface area contributed by atoms with E-state index in [-0.39, 0.29) is 18.0 Å². The molecule has 1 saturated carbocycles. The topological polar surface area (TPSA) is 84.7 Å². The Morgan fingerprint density at radius 1 is 1.30 bits per heavy atom. The lowest BCUT2D eigenvalue weighted by atomic mass is 9.96. The Kier molecular flexibility index (Phi) is 4.86. The SMILES string of the molecule is CCOC(=O)N1CCC(NC(=O)C2(N)CCCC2)CC1. The highest BCUT2D eigenvalue weighted by Gasteiger charge is 2.38. The van der Waals surface area contributed by atoms with E-state index in [0.29, 0.717) is 19.7 Å². The van der Waals surface area contributed by atoms with Crippen molar-refractivity contribution in [3.05, 3.63) is 0 Å². The highest BCUT2D eigenvalue weighted by atomic mass is 16.6. The molecule has 0 aromatic rings. The van der Waals surface area contributed by atoms with Gasteiger partial charge < -0.3 is 20.7 Å². The van der Waals surface area contributed by atoms with Gasteiger partial charge in [-0.05, 0) is 32.6 Å². The van der Waals surface area contributed by atoms with E-state index >= 15 is 0 Å². The molecule has 0 aromatic carbocycles. The number of ether oxygens (including phenoxy) is 1. The van der Waals surface area contributed by atoms with Crippen molar-refractivity contribution in [1.29, 1.82) is 0 Å². The molecule has 0 aromatic heterocycles. The molecule has 2 fully saturated rings. The zero-order valence-electron chi connectivity index (χ0n) is 12.2. The van der Waals surface area contributed by atoms with Crippen LogP contribution in [0.3, 0.4) is 0 Å². The number of hydrogen-bond acceptors (Lipinski definition) is 4. The molecule has 2 aliphatic rings. The lowest BCUT2D eigenvalue weighted by Gasteiger charge is -2.33. The summed E-state index contributed by atoms with van der Waals surface area (Å²) >= 11 is 0. The second-order valence-electron chi connectivity index (χ2n) is 5.80. The highest BCUT2D eigenvalue weighted by molar-refractivity contribution is 5.86. The first kappa shape index (κ1) is 15.1. The quantitative estimate of drug-likeness (QED) is 0.809. The summed E-state index contributed by atoms with van der Waals surface area (Å²) in [5.74, 6) is -0.0235. The molecule has 1 aliphatic heterocycles. The predicted octanol–water partition coefficient (Wildman–Crippen LogP) is 0.995. The van der Waals surface area contributed by atoms with Crippen LogP contribution in [-0.2, 0) is 9.53 Å². The van der Waals surface area contributed by atoms with Crippen molar-refractivity contribution in [3.8, 4) is 0 Å². The number of hydrogen-bond donors (Lipinski definition) is 2. The van der Waals surface area contributed by atoms with Crippen molar-refractivity contribution in [1.82, 2.24) is 10.2 Å². The molecular formula is C14H25N3O3. The first-order valence-corrected chi connectivity index (χ1v) is 7.57. The highest BCUT2D eigenvalue weighted by Crippen LogP contribution is 2.27. The molecule has 0 radical (unpaired) electrons. The molecule has 114 valence electrons. The summed E-state index contributed by atoms with van der Waals surface area (Å²) in [4.78, 5) is 25.5. The maximum atomic E-state index is 12.2. The van der Waals surface area contributed by atoms with E-state index in [4.69, 9.17) is 10.5 Å². The number of piperidine rings is 1. The molecule has 1 aliphatic carbocycles. The fourth-order valence-electron chi connectivity index (χ4n) is 2.98. The van der Waals surface area contributed by atoms with Crippen LogP contribution in [0.5, 0.6) is 0 Å². The van der Waals surface area contributed by atoms with Crippen molar-refractivity contribution < 1.29 is 14.3 Å². The van der Waals surface area contributed by atoms with Crippen LogP contribution >= 0.6 is 0 Å². The third-order valence-electron chi connectivity index (χ3n) is 4.30. The van der Waals surface area contributed by atoms with Crippen LogP contribution in [-0.4, -0.2) is 48.2 Å². The molecule has 0 unspecified atom stereocenters. The molecule has 20 heavy (non-hydrogen) atoms. The Bertz CT molecular complexity index is 359. The summed E-state index contributed by atoms with van der Waals surface area (Å²) in [7, 11) is 0. The Balaban J connectivity index is 1.77. The number of amides is 2. The number of rotatable bonds is 3. The monoisotopic (exact) mass is 283 g/mol. The molecule has 1 saturated heterocycles. The molecule has 6 nitrogen and oxygen atoms in total. The summed E-state index contributed by atoms with van der Waals surface area (Å²) in [5.41, 5.74) is 5.47. The summed E-state index contributed by atoms with van der Waals surface area (Å²) in [5, 5.41) is 3.05. The first-order valence-electron chi connectivity index (χ1n) is 7.57. The molecule has 6 heteroatoms. The van der Waals surface area contributed by atoms with Gasteiger partial charge in [-0.1, -0.05) is 12.8 Å². The van der Waals surface area contributed by atoms with Gasteiger partial charge in [-0.15, -0.1) is 0 Å². The van der Waals surface area contributed by atoms with Gasteiger partial charge in [-0.3, -0.25) is 4.79 Å². The second kappa shape index (κ2) is 6.43. The van der Waals surface area contributed by atoms with Gasteiger partial charge in [0.15, 0.2) is 0 Å². The van der Waals surface area contributed by atoms with Crippen LogP contribution in [0.4, 0.5) is 4.79 Å². The van der Waals surface area contributed by atoms with E-state index in [9.17, 15) is 9.59 Å². The molecule has 0 atom stereocenters. The molecular weight excluding hydrogens is 258 g/mol. The van der Waals surface area contributed by atoms with Gasteiger partial charge in [-0.25, -0.2) is 4.79 Å². The number of nitrogens with two attached hydrogens (primary N) is 1. The minimum Gasteiger partial charge on any atom is -0.450 e. The molecule has 3 N–H and O–H groups in total. The maximum Gasteiger partial charge on any atom is 0.409 e. The van der Waals surface area contributed by atoms with Crippen molar-refractivity contribution in [3.63, 3.8) is 0 Å². The normalized spacial score (nSPS) is 22.6. The van der Waals surface area contributed by atoms with E-state index < -0.39 is 5.54 Å². The van der Waals surface area contributed by atoms with E-state index in [0.717, 1.165) is 38.5 Å². The minimum absolute atomic E-state index is 0.0235. The number of likely N-dealkylation sites (tertiary alicyclic amines) is 1. The fraction of sp³-hybridized carbons (Fsp3) is 0.857. The third kappa shape index (κ3) is 3.42. The lowest BCUT2D eigenvalue weighted by molar-refractivity contribution is -0.127. The Hall–Kier alpha value is -1.30. The van der Waals surface area contributed by atoms with Crippen molar-refractivity contribution in [2.24, 2.45) is 5.73 Å². The number of carbonyl (C=O) groups is 2. The van der Waals surface area contributed by atoms with Crippen molar-refractivity contribution in [2.45, 2.75) is 57.0 Å². The molecule has 0 spiro atoms. The fourth-order valence-corrected chi connectivity index (χ4v) is 2.98. The van der Waals surface area contributed by atoms with Gasteiger partial charge >= 0.3 is 6.09 Å². The number of nitrogens with one attached hydrogen (secondary N) is 1. The van der Waals surface area contributed by atoms with Crippen molar-refractivity contribution in [2.75, 3.05) is 19.7 Å². The second-order valence-corrected chi connectivity index (χ2v) is 5.80. The summed E-state index contributed by atoms with van der Waals surface area (Å²) in [6.45, 7) is 3.45. The van der Waals surface area contributed by atoms with Crippen molar-refractivity contribution >= 4 is 12.0 Å². The third-order valence-corrected chi connectivity index (χ3v) is 4.30. The van der Waals surface area contributed by atoms with E-state index in [1.165, 1.54) is 0 Å². The van der Waals surface area contributed by atoms with Crippen LogP contribution in [0.2, 0.25) is 0 Å². The molecule has 2 rings (SSSR count). The van der Waals surface area contributed by atoms with Crippen LogP contribution in [0.25, 0.3) is 0 Å². The van der Waals surface area contributed by atoms with Gasteiger partial charge in [0.2, 0.25) is 5.91 Å². The zero-order chi connectivity index (χ0) is 14.6. The zero-order valence-corrected chi connectivity index (χ0v) is 12.2. The van der Waals surface area contributed by atoms with Gasteiger partial charge in [0.25, 0.3) is 0 Å². The summed E-state index contributed by atoms with van der Waals surface area (Å²) in [6.07, 6.45) is 4.89. The van der Waals surface area contributed by atoms with E-state index in [1.807, 2.05) is 0 Å². The largest absolute Gasteiger partial charge is 0.450 e. The average Bonchev–Trinajstić information content (AvgIpc) is 2.88. The predicted molar refractivity (Wildman–Crippen MR) is 75.1 cm³/mol. The van der Waals surface area contributed by atoms with Gasteiger partial charge in [-0.2, -0.15) is 0 Å². The van der Waals surface area contributed by atoms with Crippen LogP contribution in [0, 0.1) is 0 Å². The maximum absolute atomic E-state index is 12.2. The van der Waals surface area contributed by atoms with Crippen LogP contribution in [0.1, 0.15) is 45.4 Å². The number of nitrogens with zero attached hydrogens (tertiary/aromatic N) is 1. The first-order chi connectivity index (χ1) is 9.55. The molecule has 2 amide bonds. The Morgan fingerprint density at radius 2 is 1.90 bits per heavy atom. The minimum atomic E-state index is -0.668.